The van der Waals surface area contributed by atoms with Crippen molar-refractivity contribution >= 4 is 6.03 Å². The molecular formula is C13H23N3O. The van der Waals surface area contributed by atoms with Crippen molar-refractivity contribution in [2.45, 2.75) is 63.1 Å². The van der Waals surface area contributed by atoms with Crippen LogP contribution in [0.25, 0.3) is 0 Å². The van der Waals surface area contributed by atoms with E-state index in [-0.39, 0.29) is 6.03 Å². The number of carbonyl (C=O) groups excluding carboxylic acids is 1. The fourth-order valence-electron chi connectivity index (χ4n) is 2.74. The highest BCUT2D eigenvalue weighted by molar-refractivity contribution is 5.75. The Morgan fingerprint density at radius 3 is 2.53 bits per heavy atom. The van der Waals surface area contributed by atoms with E-state index >= 15 is 0 Å². The van der Waals surface area contributed by atoms with Gasteiger partial charge in [0.15, 0.2) is 0 Å². The van der Waals surface area contributed by atoms with Gasteiger partial charge in [-0.15, -0.1) is 0 Å². The van der Waals surface area contributed by atoms with Crippen LogP contribution in [0, 0.1) is 0 Å². The Morgan fingerprint density at radius 1 is 1.18 bits per heavy atom. The van der Waals surface area contributed by atoms with Gasteiger partial charge in [0.1, 0.15) is 0 Å². The zero-order chi connectivity index (χ0) is 11.7. The van der Waals surface area contributed by atoms with Crippen molar-refractivity contribution in [3.05, 3.63) is 0 Å². The maximum Gasteiger partial charge on any atom is 0.317 e. The number of hydrogen-bond acceptors (Lipinski definition) is 2. The quantitative estimate of drug-likeness (QED) is 0.777. The van der Waals surface area contributed by atoms with Crippen molar-refractivity contribution < 1.29 is 4.79 Å². The van der Waals surface area contributed by atoms with Crippen molar-refractivity contribution in [2.24, 2.45) is 0 Å². The molecule has 1 atom stereocenters. The smallest absolute Gasteiger partial charge is 0.317 e. The van der Waals surface area contributed by atoms with Gasteiger partial charge in [0.05, 0.1) is 0 Å². The fraction of sp³-hybridized carbons (Fsp3) is 0.923. The van der Waals surface area contributed by atoms with Crippen LogP contribution in [0.2, 0.25) is 0 Å². The highest BCUT2D eigenvalue weighted by atomic mass is 16.2. The molecule has 3 aliphatic rings. The summed E-state index contributed by atoms with van der Waals surface area (Å²) in [5, 5.41) is 6.66. The number of nitrogens with one attached hydrogen (secondary N) is 2. The molecule has 2 aliphatic carbocycles. The molecule has 2 N–H and O–H groups in total. The highest BCUT2D eigenvalue weighted by Crippen LogP contribution is 2.28. The van der Waals surface area contributed by atoms with Crippen LogP contribution in [-0.2, 0) is 0 Å². The average Bonchev–Trinajstić information content (AvgIpc) is 2.98. The molecule has 1 unspecified atom stereocenters. The summed E-state index contributed by atoms with van der Waals surface area (Å²) in [6.45, 7) is 2.02. The Hall–Kier alpha value is -0.770. The van der Waals surface area contributed by atoms with Crippen LogP contribution < -0.4 is 10.6 Å². The minimum absolute atomic E-state index is 0.186. The molecule has 2 amide bonds. The zero-order valence-electron chi connectivity index (χ0n) is 10.5. The molecule has 0 bridgehead atoms. The molecule has 4 heteroatoms. The lowest BCUT2D eigenvalue weighted by Gasteiger charge is -2.32. The van der Waals surface area contributed by atoms with E-state index in [4.69, 9.17) is 0 Å². The predicted molar refractivity (Wildman–Crippen MR) is 66.9 cm³/mol. The minimum atomic E-state index is 0.186. The van der Waals surface area contributed by atoms with Gasteiger partial charge in [-0.1, -0.05) is 0 Å². The first kappa shape index (κ1) is 11.3. The number of amides is 2. The number of hydrogen-bond donors (Lipinski definition) is 2. The maximum atomic E-state index is 12.2. The molecule has 2 saturated carbocycles. The van der Waals surface area contributed by atoms with E-state index in [1.165, 1.54) is 44.9 Å². The minimum Gasteiger partial charge on any atom is -0.335 e. The van der Waals surface area contributed by atoms with Crippen LogP contribution in [0.4, 0.5) is 4.79 Å². The van der Waals surface area contributed by atoms with Gasteiger partial charge in [0, 0.05) is 24.7 Å². The van der Waals surface area contributed by atoms with Gasteiger partial charge in [-0.3, -0.25) is 0 Å². The first-order chi connectivity index (χ1) is 8.33. The number of urea groups is 1. The molecule has 0 spiro atoms. The van der Waals surface area contributed by atoms with Crippen LogP contribution in [0.15, 0.2) is 0 Å². The summed E-state index contributed by atoms with van der Waals surface area (Å²) >= 11 is 0. The predicted octanol–water partition coefficient (Wildman–Crippen LogP) is 1.46. The largest absolute Gasteiger partial charge is 0.335 e. The summed E-state index contributed by atoms with van der Waals surface area (Å²) in [6, 6.07) is 1.70. The molecule has 4 nitrogen and oxygen atoms in total. The number of nitrogens with zero attached hydrogens (tertiary/aromatic N) is 1. The normalized spacial score (nSPS) is 28.8. The van der Waals surface area contributed by atoms with E-state index in [1.54, 1.807) is 0 Å². The Labute approximate surface area is 103 Å². The Morgan fingerprint density at radius 2 is 2.00 bits per heavy atom. The highest BCUT2D eigenvalue weighted by Gasteiger charge is 2.35. The zero-order valence-corrected chi connectivity index (χ0v) is 10.5. The number of carbonyl (C=O) groups is 1. The Balaban J connectivity index is 1.52. The van der Waals surface area contributed by atoms with Gasteiger partial charge in [-0.05, 0) is 51.5 Å². The van der Waals surface area contributed by atoms with Gasteiger partial charge in [0.2, 0.25) is 0 Å². The number of rotatable bonds is 4. The molecule has 3 rings (SSSR count). The summed E-state index contributed by atoms with van der Waals surface area (Å²) in [4.78, 5) is 14.3. The fourth-order valence-corrected chi connectivity index (χ4v) is 2.74. The van der Waals surface area contributed by atoms with Gasteiger partial charge in [-0.2, -0.15) is 0 Å². The van der Waals surface area contributed by atoms with Gasteiger partial charge < -0.3 is 15.5 Å². The van der Waals surface area contributed by atoms with E-state index < -0.39 is 0 Å². The van der Waals surface area contributed by atoms with E-state index in [1.807, 2.05) is 0 Å². The van der Waals surface area contributed by atoms with Crippen molar-refractivity contribution in [1.82, 2.24) is 15.5 Å². The summed E-state index contributed by atoms with van der Waals surface area (Å²) < 4.78 is 0. The Kier molecular flexibility index (Phi) is 3.23. The molecule has 0 aromatic heterocycles. The third-order valence-electron chi connectivity index (χ3n) is 4.26. The van der Waals surface area contributed by atoms with Gasteiger partial charge in [0.25, 0.3) is 0 Å². The third-order valence-corrected chi connectivity index (χ3v) is 4.26. The second-order valence-corrected chi connectivity index (χ2v) is 5.75. The second-order valence-electron chi connectivity index (χ2n) is 5.75. The molecule has 1 saturated heterocycles. The Bertz CT molecular complexity index is 280. The average molecular weight is 237 g/mol. The van der Waals surface area contributed by atoms with Crippen LogP contribution in [0.5, 0.6) is 0 Å². The lowest BCUT2D eigenvalue weighted by Crippen LogP contribution is -2.51. The molecule has 0 aromatic rings. The van der Waals surface area contributed by atoms with Crippen LogP contribution in [0.3, 0.4) is 0 Å². The maximum absolute atomic E-state index is 12.2. The van der Waals surface area contributed by atoms with E-state index in [0.29, 0.717) is 18.1 Å². The van der Waals surface area contributed by atoms with Crippen molar-refractivity contribution in [3.63, 3.8) is 0 Å². The molecular weight excluding hydrogens is 214 g/mol. The van der Waals surface area contributed by atoms with Crippen molar-refractivity contribution in [1.29, 1.82) is 0 Å². The summed E-state index contributed by atoms with van der Waals surface area (Å²) in [6.07, 6.45) is 8.50. The molecule has 0 aromatic carbocycles. The van der Waals surface area contributed by atoms with Crippen LogP contribution >= 0.6 is 0 Å². The molecule has 3 fully saturated rings. The van der Waals surface area contributed by atoms with Gasteiger partial charge in [-0.25, -0.2) is 4.79 Å². The monoisotopic (exact) mass is 237 g/mol. The lowest BCUT2D eigenvalue weighted by molar-refractivity contribution is 0.178. The van der Waals surface area contributed by atoms with Gasteiger partial charge >= 0.3 is 6.03 Å². The van der Waals surface area contributed by atoms with E-state index in [0.717, 1.165) is 13.1 Å². The van der Waals surface area contributed by atoms with E-state index in [2.05, 4.69) is 15.5 Å². The van der Waals surface area contributed by atoms with Crippen LogP contribution in [0.1, 0.15) is 44.9 Å². The molecule has 1 aliphatic heterocycles. The first-order valence-corrected chi connectivity index (χ1v) is 7.13. The first-order valence-electron chi connectivity index (χ1n) is 7.13. The molecule has 0 radical (unpaired) electrons. The van der Waals surface area contributed by atoms with Crippen molar-refractivity contribution in [3.8, 4) is 0 Å². The third kappa shape index (κ3) is 2.73. The molecule has 1 heterocycles. The molecule has 17 heavy (non-hydrogen) atoms. The second kappa shape index (κ2) is 4.84. The SMILES string of the molecule is O=C(NC1CCC1)N(CC1CCCN1)C1CC1. The van der Waals surface area contributed by atoms with Crippen molar-refractivity contribution in [2.75, 3.05) is 13.1 Å². The summed E-state index contributed by atoms with van der Waals surface area (Å²) in [5.74, 6) is 0. The van der Waals surface area contributed by atoms with Crippen LogP contribution in [-0.4, -0.2) is 42.1 Å². The molecule has 96 valence electrons. The van der Waals surface area contributed by atoms with E-state index in [9.17, 15) is 4.79 Å². The summed E-state index contributed by atoms with van der Waals surface area (Å²) in [7, 11) is 0. The standard InChI is InChI=1S/C13H23N3O/c17-13(15-10-3-1-4-10)16(12-6-7-12)9-11-5-2-8-14-11/h10-12,14H,1-9H2,(H,15,17). The topological polar surface area (TPSA) is 44.4 Å². The summed E-state index contributed by atoms with van der Waals surface area (Å²) in [5.41, 5.74) is 0. The lowest BCUT2D eigenvalue weighted by atomic mass is 9.93.